The molecule has 2 saturated heterocycles. The molecule has 1 aromatic carbocycles. The van der Waals surface area contributed by atoms with Gasteiger partial charge in [-0.05, 0) is 31.2 Å². The molecule has 33 heavy (non-hydrogen) atoms. The lowest BCUT2D eigenvalue weighted by Crippen LogP contribution is -2.37. The predicted octanol–water partition coefficient (Wildman–Crippen LogP) is 2.81. The van der Waals surface area contributed by atoms with Crippen molar-refractivity contribution in [3.63, 3.8) is 0 Å². The van der Waals surface area contributed by atoms with Crippen LogP contribution in [0.15, 0.2) is 36.5 Å². The van der Waals surface area contributed by atoms with Crippen LogP contribution in [-0.4, -0.2) is 70.7 Å². The van der Waals surface area contributed by atoms with Crippen molar-refractivity contribution >= 4 is 40.6 Å². The summed E-state index contributed by atoms with van der Waals surface area (Å²) < 4.78 is 7.22. The fourth-order valence-corrected chi connectivity index (χ4v) is 4.49. The molecule has 1 atom stereocenters. The Morgan fingerprint density at radius 1 is 1.24 bits per heavy atom. The Hall–Kier alpha value is -3.17. The van der Waals surface area contributed by atoms with E-state index in [0.717, 1.165) is 24.6 Å². The average molecular weight is 469 g/mol. The monoisotopic (exact) mass is 468 g/mol. The molecule has 2 amide bonds. The molecule has 1 N–H and O–H groups in total. The first-order valence-corrected chi connectivity index (χ1v) is 11.5. The van der Waals surface area contributed by atoms with E-state index in [1.165, 1.54) is 0 Å². The highest BCUT2D eigenvalue weighted by Crippen LogP contribution is 2.31. The summed E-state index contributed by atoms with van der Waals surface area (Å²) in [6.07, 6.45) is 1.96. The molecule has 0 unspecified atom stereocenters. The van der Waals surface area contributed by atoms with E-state index in [-0.39, 0.29) is 17.7 Å². The van der Waals surface area contributed by atoms with Crippen molar-refractivity contribution in [3.8, 4) is 0 Å². The number of ether oxygens (including phenoxy) is 1. The Labute approximate surface area is 196 Å². The van der Waals surface area contributed by atoms with Gasteiger partial charge in [0, 0.05) is 55.3 Å². The third-order valence-electron chi connectivity index (χ3n) is 6.17. The number of halogens is 1. The number of rotatable bonds is 5. The van der Waals surface area contributed by atoms with Crippen LogP contribution in [0.25, 0.3) is 5.65 Å². The summed E-state index contributed by atoms with van der Waals surface area (Å²) in [5.41, 5.74) is 2.28. The zero-order valence-corrected chi connectivity index (χ0v) is 19.1. The highest BCUT2D eigenvalue weighted by Gasteiger charge is 2.32. The number of likely N-dealkylation sites (tertiary alicyclic amines) is 1. The molecule has 9 nitrogen and oxygen atoms in total. The molecule has 0 spiro atoms. The first-order chi connectivity index (χ1) is 16.0. The van der Waals surface area contributed by atoms with E-state index in [2.05, 4.69) is 15.3 Å². The van der Waals surface area contributed by atoms with Gasteiger partial charge in [-0.25, -0.2) is 4.98 Å². The average Bonchev–Trinajstić information content (AvgIpc) is 3.43. The SMILES string of the molecule is CCN1C[C@H](c2cc(N3CCOCC3)n3ncc(C(=O)Nc4ccc(Cl)cc4)c3n2)CC1=O. The lowest BCUT2D eigenvalue weighted by atomic mass is 10.0. The van der Waals surface area contributed by atoms with E-state index in [9.17, 15) is 9.59 Å². The largest absolute Gasteiger partial charge is 0.378 e. The van der Waals surface area contributed by atoms with Crippen LogP contribution < -0.4 is 10.2 Å². The molecule has 172 valence electrons. The number of hydrogen-bond donors (Lipinski definition) is 1. The Bertz CT molecular complexity index is 1190. The van der Waals surface area contributed by atoms with Crippen LogP contribution in [0.3, 0.4) is 0 Å². The number of benzene rings is 1. The van der Waals surface area contributed by atoms with Crippen LogP contribution in [0.1, 0.15) is 35.3 Å². The molecule has 4 heterocycles. The number of morpholine rings is 1. The number of amides is 2. The number of likely N-dealkylation sites (N-methyl/N-ethyl adjacent to an activating group) is 1. The second kappa shape index (κ2) is 8.99. The fourth-order valence-electron chi connectivity index (χ4n) is 4.36. The van der Waals surface area contributed by atoms with Crippen LogP contribution in [-0.2, 0) is 9.53 Å². The van der Waals surface area contributed by atoms with E-state index in [1.54, 1.807) is 35.0 Å². The van der Waals surface area contributed by atoms with Crippen molar-refractivity contribution in [1.29, 1.82) is 0 Å². The lowest BCUT2D eigenvalue weighted by molar-refractivity contribution is -0.127. The maximum absolute atomic E-state index is 13.1. The fraction of sp³-hybridized carbons (Fsp3) is 0.391. The number of fused-ring (bicyclic) bond motifs is 1. The standard InChI is InChI=1S/C23H25ClN6O3/c1-2-28-14-15(11-21(28)31)19-12-20(29-7-9-33-10-8-29)30-22(27-19)18(13-25-30)23(32)26-17-5-3-16(24)4-6-17/h3-6,12-13,15H,2,7-11,14H2,1H3,(H,26,32)/t15-/m1/s1. The molecule has 0 bridgehead atoms. The molecule has 0 saturated carbocycles. The van der Waals surface area contributed by atoms with Gasteiger partial charge in [-0.1, -0.05) is 11.6 Å². The molecule has 2 aliphatic rings. The molecule has 2 aliphatic heterocycles. The number of carbonyl (C=O) groups is 2. The Balaban J connectivity index is 1.54. The van der Waals surface area contributed by atoms with Crippen molar-refractivity contribution < 1.29 is 14.3 Å². The summed E-state index contributed by atoms with van der Waals surface area (Å²) in [5, 5.41) is 7.98. The first kappa shape index (κ1) is 21.7. The Morgan fingerprint density at radius 2 is 2.00 bits per heavy atom. The zero-order chi connectivity index (χ0) is 22.9. The third-order valence-corrected chi connectivity index (χ3v) is 6.42. The highest BCUT2D eigenvalue weighted by molar-refractivity contribution is 6.30. The topological polar surface area (TPSA) is 92.1 Å². The van der Waals surface area contributed by atoms with Gasteiger partial charge in [-0.3, -0.25) is 9.59 Å². The molecule has 2 aromatic heterocycles. The van der Waals surface area contributed by atoms with Gasteiger partial charge in [0.1, 0.15) is 11.4 Å². The Kier molecular flexibility index (Phi) is 5.90. The van der Waals surface area contributed by atoms with Crippen molar-refractivity contribution in [2.24, 2.45) is 0 Å². The number of hydrogen-bond acceptors (Lipinski definition) is 6. The quantitative estimate of drug-likeness (QED) is 0.619. The summed E-state index contributed by atoms with van der Waals surface area (Å²) in [4.78, 5) is 34.3. The molecule has 0 aliphatic carbocycles. The molecular weight excluding hydrogens is 444 g/mol. The highest BCUT2D eigenvalue weighted by atomic mass is 35.5. The number of anilines is 2. The van der Waals surface area contributed by atoms with Gasteiger partial charge in [0.2, 0.25) is 5.91 Å². The molecule has 5 rings (SSSR count). The van der Waals surface area contributed by atoms with E-state index in [0.29, 0.717) is 54.6 Å². The smallest absolute Gasteiger partial charge is 0.261 e. The first-order valence-electron chi connectivity index (χ1n) is 11.1. The van der Waals surface area contributed by atoms with Crippen LogP contribution in [0.5, 0.6) is 0 Å². The van der Waals surface area contributed by atoms with Gasteiger partial charge in [-0.2, -0.15) is 9.61 Å². The number of nitrogens with one attached hydrogen (secondary N) is 1. The molecular formula is C23H25ClN6O3. The minimum atomic E-state index is -0.303. The minimum Gasteiger partial charge on any atom is -0.378 e. The van der Waals surface area contributed by atoms with Gasteiger partial charge in [0.25, 0.3) is 5.91 Å². The van der Waals surface area contributed by atoms with Crippen LogP contribution in [0, 0.1) is 0 Å². The Morgan fingerprint density at radius 3 is 2.70 bits per heavy atom. The van der Waals surface area contributed by atoms with Gasteiger partial charge in [-0.15, -0.1) is 0 Å². The van der Waals surface area contributed by atoms with Crippen molar-refractivity contribution in [2.75, 3.05) is 49.6 Å². The summed E-state index contributed by atoms with van der Waals surface area (Å²) in [6.45, 7) is 5.96. The minimum absolute atomic E-state index is 0.0238. The van der Waals surface area contributed by atoms with Crippen LogP contribution in [0.4, 0.5) is 11.5 Å². The number of nitrogens with zero attached hydrogens (tertiary/aromatic N) is 5. The van der Waals surface area contributed by atoms with Crippen LogP contribution >= 0.6 is 11.6 Å². The summed E-state index contributed by atoms with van der Waals surface area (Å²) in [6, 6.07) is 8.93. The lowest BCUT2D eigenvalue weighted by Gasteiger charge is -2.29. The number of carbonyl (C=O) groups excluding carboxylic acids is 2. The third kappa shape index (κ3) is 4.26. The molecule has 2 fully saturated rings. The number of aromatic nitrogens is 3. The van der Waals surface area contributed by atoms with Crippen LogP contribution in [0.2, 0.25) is 5.02 Å². The maximum Gasteiger partial charge on any atom is 0.261 e. The second-order valence-electron chi connectivity index (χ2n) is 8.23. The van der Waals surface area contributed by atoms with Crippen molar-refractivity contribution in [1.82, 2.24) is 19.5 Å². The predicted molar refractivity (Wildman–Crippen MR) is 125 cm³/mol. The van der Waals surface area contributed by atoms with Gasteiger partial charge < -0.3 is 19.9 Å². The van der Waals surface area contributed by atoms with Crippen molar-refractivity contribution in [2.45, 2.75) is 19.3 Å². The van der Waals surface area contributed by atoms with E-state index >= 15 is 0 Å². The van der Waals surface area contributed by atoms with E-state index in [4.69, 9.17) is 21.3 Å². The second-order valence-corrected chi connectivity index (χ2v) is 8.66. The summed E-state index contributed by atoms with van der Waals surface area (Å²) in [5.74, 6) is 0.657. The van der Waals surface area contributed by atoms with E-state index in [1.807, 2.05) is 17.9 Å². The maximum atomic E-state index is 13.1. The molecule has 0 radical (unpaired) electrons. The van der Waals surface area contributed by atoms with Gasteiger partial charge in [0.05, 0.1) is 25.1 Å². The summed E-state index contributed by atoms with van der Waals surface area (Å²) in [7, 11) is 0. The summed E-state index contributed by atoms with van der Waals surface area (Å²) >= 11 is 5.95. The normalized spacial score (nSPS) is 18.8. The van der Waals surface area contributed by atoms with Crippen molar-refractivity contribution in [3.05, 3.63) is 52.8 Å². The van der Waals surface area contributed by atoms with Gasteiger partial charge >= 0.3 is 0 Å². The zero-order valence-electron chi connectivity index (χ0n) is 18.3. The molecule has 10 heteroatoms. The molecule has 3 aromatic rings. The van der Waals surface area contributed by atoms with Gasteiger partial charge in [0.15, 0.2) is 5.65 Å². The van der Waals surface area contributed by atoms with E-state index < -0.39 is 0 Å².